The molecule has 0 aromatic rings. The fourth-order valence-corrected chi connectivity index (χ4v) is 2.36. The second-order valence-corrected chi connectivity index (χ2v) is 4.53. The van der Waals surface area contributed by atoms with E-state index < -0.39 is 0 Å². The van der Waals surface area contributed by atoms with E-state index in [1.165, 1.54) is 32.1 Å². The third kappa shape index (κ3) is 2.31. The summed E-state index contributed by atoms with van der Waals surface area (Å²) in [5, 5.41) is 3.16. The van der Waals surface area contributed by atoms with Crippen LogP contribution in [0.1, 0.15) is 38.5 Å². The van der Waals surface area contributed by atoms with Crippen LogP contribution in [0.5, 0.6) is 0 Å². The maximum Gasteiger partial charge on any atom is 0.138 e. The van der Waals surface area contributed by atoms with Crippen LogP contribution in [0.15, 0.2) is 0 Å². The summed E-state index contributed by atoms with van der Waals surface area (Å²) in [6.45, 7) is 1.87. The van der Waals surface area contributed by atoms with E-state index in [2.05, 4.69) is 5.32 Å². The standard InChI is InChI=1S/C11H19NO/c13-11(10-7-12-8-10)6-9-4-2-1-3-5-9/h9-10,12H,1-8H2. The topological polar surface area (TPSA) is 29.1 Å². The Morgan fingerprint density at radius 2 is 1.85 bits per heavy atom. The van der Waals surface area contributed by atoms with Crippen molar-refractivity contribution in [3.63, 3.8) is 0 Å². The highest BCUT2D eigenvalue weighted by Gasteiger charge is 2.27. The number of carbonyl (C=O) groups is 1. The Morgan fingerprint density at radius 1 is 1.15 bits per heavy atom. The molecule has 0 bridgehead atoms. The summed E-state index contributed by atoms with van der Waals surface area (Å²) in [6, 6.07) is 0. The molecule has 2 aliphatic rings. The minimum atomic E-state index is 0.363. The first-order chi connectivity index (χ1) is 6.36. The van der Waals surface area contributed by atoms with Crippen LogP contribution in [0.2, 0.25) is 0 Å². The summed E-state index contributed by atoms with van der Waals surface area (Å²) in [6.07, 6.45) is 7.54. The zero-order valence-electron chi connectivity index (χ0n) is 8.22. The van der Waals surface area contributed by atoms with Gasteiger partial charge in [0.25, 0.3) is 0 Å². The van der Waals surface area contributed by atoms with Gasteiger partial charge in [-0.25, -0.2) is 0 Å². The Kier molecular flexibility index (Phi) is 2.99. The molecule has 13 heavy (non-hydrogen) atoms. The summed E-state index contributed by atoms with van der Waals surface area (Å²) < 4.78 is 0. The van der Waals surface area contributed by atoms with E-state index in [9.17, 15) is 4.79 Å². The van der Waals surface area contributed by atoms with Crippen LogP contribution in [0.3, 0.4) is 0 Å². The first-order valence-electron chi connectivity index (χ1n) is 5.59. The Morgan fingerprint density at radius 3 is 2.38 bits per heavy atom. The summed E-state index contributed by atoms with van der Waals surface area (Å²) in [5.74, 6) is 1.61. The lowest BCUT2D eigenvalue weighted by Gasteiger charge is -2.28. The van der Waals surface area contributed by atoms with Crippen molar-refractivity contribution in [2.45, 2.75) is 38.5 Å². The number of rotatable bonds is 3. The number of Topliss-reactive ketones (excluding diaryl/α,β-unsaturated/α-hetero) is 1. The molecule has 1 aliphatic heterocycles. The van der Waals surface area contributed by atoms with Crippen LogP contribution in [0.4, 0.5) is 0 Å². The van der Waals surface area contributed by atoms with Gasteiger partial charge in [0, 0.05) is 25.4 Å². The van der Waals surface area contributed by atoms with Crippen LogP contribution < -0.4 is 5.32 Å². The summed E-state index contributed by atoms with van der Waals surface area (Å²) in [5.41, 5.74) is 0. The van der Waals surface area contributed by atoms with E-state index in [-0.39, 0.29) is 0 Å². The van der Waals surface area contributed by atoms with Crippen molar-refractivity contribution in [1.82, 2.24) is 5.32 Å². The molecule has 0 radical (unpaired) electrons. The van der Waals surface area contributed by atoms with Crippen LogP contribution in [-0.4, -0.2) is 18.9 Å². The minimum Gasteiger partial charge on any atom is -0.315 e. The van der Waals surface area contributed by atoms with Gasteiger partial charge in [0.05, 0.1) is 0 Å². The molecule has 1 heterocycles. The number of ketones is 1. The van der Waals surface area contributed by atoms with E-state index in [0.717, 1.165) is 25.4 Å². The molecule has 74 valence electrons. The van der Waals surface area contributed by atoms with Crippen molar-refractivity contribution in [2.75, 3.05) is 13.1 Å². The second-order valence-electron chi connectivity index (χ2n) is 4.53. The Bertz CT molecular complexity index is 181. The molecule has 0 unspecified atom stereocenters. The van der Waals surface area contributed by atoms with Gasteiger partial charge in [-0.05, 0) is 5.92 Å². The highest BCUT2D eigenvalue weighted by Crippen LogP contribution is 2.27. The Hall–Kier alpha value is -0.370. The molecule has 0 aromatic heterocycles. The van der Waals surface area contributed by atoms with Crippen molar-refractivity contribution >= 4 is 5.78 Å². The molecule has 1 N–H and O–H groups in total. The van der Waals surface area contributed by atoms with E-state index in [4.69, 9.17) is 0 Å². The van der Waals surface area contributed by atoms with E-state index in [1.54, 1.807) is 0 Å². The zero-order valence-corrected chi connectivity index (χ0v) is 8.22. The van der Waals surface area contributed by atoms with Gasteiger partial charge in [0.1, 0.15) is 5.78 Å². The van der Waals surface area contributed by atoms with Gasteiger partial charge in [-0.3, -0.25) is 4.79 Å². The number of hydrogen-bond acceptors (Lipinski definition) is 2. The lowest BCUT2D eigenvalue weighted by molar-refractivity contribution is -0.125. The van der Waals surface area contributed by atoms with Gasteiger partial charge < -0.3 is 5.32 Å². The van der Waals surface area contributed by atoms with E-state index in [1.807, 2.05) is 0 Å². The van der Waals surface area contributed by atoms with Gasteiger partial charge in [-0.15, -0.1) is 0 Å². The summed E-state index contributed by atoms with van der Waals surface area (Å²) in [7, 11) is 0. The summed E-state index contributed by atoms with van der Waals surface area (Å²) >= 11 is 0. The average Bonchev–Trinajstić information content (AvgIpc) is 2.02. The number of carbonyl (C=O) groups excluding carboxylic acids is 1. The first kappa shape index (κ1) is 9.20. The average molecular weight is 181 g/mol. The molecular weight excluding hydrogens is 162 g/mol. The fraction of sp³-hybridized carbons (Fsp3) is 0.909. The second kappa shape index (κ2) is 4.23. The molecule has 0 aromatic carbocycles. The van der Waals surface area contributed by atoms with Crippen molar-refractivity contribution in [3.05, 3.63) is 0 Å². The molecule has 2 fully saturated rings. The van der Waals surface area contributed by atoms with E-state index in [0.29, 0.717) is 11.7 Å². The Balaban J connectivity index is 1.72. The van der Waals surface area contributed by atoms with Gasteiger partial charge >= 0.3 is 0 Å². The van der Waals surface area contributed by atoms with Crippen molar-refractivity contribution in [1.29, 1.82) is 0 Å². The molecular formula is C11H19NO. The zero-order chi connectivity index (χ0) is 9.10. The van der Waals surface area contributed by atoms with Gasteiger partial charge in [-0.1, -0.05) is 32.1 Å². The maximum atomic E-state index is 11.7. The minimum absolute atomic E-state index is 0.363. The van der Waals surface area contributed by atoms with Gasteiger partial charge in [-0.2, -0.15) is 0 Å². The third-order valence-corrected chi connectivity index (χ3v) is 3.45. The highest BCUT2D eigenvalue weighted by molar-refractivity contribution is 5.82. The SMILES string of the molecule is O=C(CC1CCCCC1)C1CNC1. The Labute approximate surface area is 80.1 Å². The quantitative estimate of drug-likeness (QED) is 0.718. The molecule has 1 saturated heterocycles. The monoisotopic (exact) mass is 181 g/mol. The lowest BCUT2D eigenvalue weighted by Crippen LogP contribution is -2.46. The molecule has 2 heteroatoms. The van der Waals surface area contributed by atoms with Crippen molar-refractivity contribution in [2.24, 2.45) is 11.8 Å². The van der Waals surface area contributed by atoms with Crippen molar-refractivity contribution < 1.29 is 4.79 Å². The molecule has 2 nitrogen and oxygen atoms in total. The van der Waals surface area contributed by atoms with Crippen LogP contribution in [0, 0.1) is 11.8 Å². The van der Waals surface area contributed by atoms with Crippen LogP contribution in [-0.2, 0) is 4.79 Å². The third-order valence-electron chi connectivity index (χ3n) is 3.45. The predicted molar refractivity (Wildman–Crippen MR) is 52.6 cm³/mol. The highest BCUT2D eigenvalue weighted by atomic mass is 16.1. The predicted octanol–water partition coefficient (Wildman–Crippen LogP) is 1.75. The maximum absolute atomic E-state index is 11.7. The van der Waals surface area contributed by atoms with Crippen LogP contribution >= 0.6 is 0 Å². The van der Waals surface area contributed by atoms with Gasteiger partial charge in [0.2, 0.25) is 0 Å². The summed E-state index contributed by atoms with van der Waals surface area (Å²) in [4.78, 5) is 11.7. The lowest BCUT2D eigenvalue weighted by atomic mass is 9.82. The first-order valence-corrected chi connectivity index (χ1v) is 5.59. The van der Waals surface area contributed by atoms with Crippen molar-refractivity contribution in [3.8, 4) is 0 Å². The fourth-order valence-electron chi connectivity index (χ4n) is 2.36. The normalized spacial score (nSPS) is 25.5. The molecule has 2 rings (SSSR count). The van der Waals surface area contributed by atoms with Gasteiger partial charge in [0.15, 0.2) is 0 Å². The number of hydrogen-bond donors (Lipinski definition) is 1. The van der Waals surface area contributed by atoms with E-state index >= 15 is 0 Å². The van der Waals surface area contributed by atoms with Crippen LogP contribution in [0.25, 0.3) is 0 Å². The smallest absolute Gasteiger partial charge is 0.138 e. The molecule has 0 spiro atoms. The number of nitrogens with one attached hydrogen (secondary N) is 1. The molecule has 0 atom stereocenters. The molecule has 0 amide bonds. The molecule has 1 aliphatic carbocycles. The molecule has 1 saturated carbocycles. The largest absolute Gasteiger partial charge is 0.315 e.